The van der Waals surface area contributed by atoms with Gasteiger partial charge in [-0.2, -0.15) is 0 Å². The zero-order chi connectivity index (χ0) is 21.5. The van der Waals surface area contributed by atoms with Crippen LogP contribution in [-0.2, 0) is 14.3 Å². The molecule has 0 spiro atoms. The number of carbonyl (C=O) groups excluding carboxylic acids is 1. The zero-order valence-corrected chi connectivity index (χ0v) is 17.9. The third-order valence-corrected chi connectivity index (χ3v) is 5.87. The second-order valence-electron chi connectivity index (χ2n) is 7.89. The number of benzene rings is 1. The molecule has 162 valence electrons. The molecule has 1 saturated heterocycles. The number of nitrogens with zero attached hydrogens (tertiary/aromatic N) is 2. The molecule has 2 aliphatic heterocycles. The van der Waals surface area contributed by atoms with Crippen molar-refractivity contribution in [3.05, 3.63) is 47.2 Å². The highest BCUT2D eigenvalue weighted by atomic mass is 16.7. The van der Waals surface area contributed by atoms with E-state index in [1.807, 2.05) is 42.2 Å². The van der Waals surface area contributed by atoms with Gasteiger partial charge in [0, 0.05) is 56.8 Å². The first-order valence-electron chi connectivity index (χ1n) is 10.7. The van der Waals surface area contributed by atoms with E-state index in [1.165, 1.54) is 0 Å². The van der Waals surface area contributed by atoms with Gasteiger partial charge in [-0.1, -0.05) is 18.1 Å². The summed E-state index contributed by atoms with van der Waals surface area (Å²) in [7, 11) is 2.06. The van der Waals surface area contributed by atoms with Gasteiger partial charge >= 0.3 is 0 Å². The molecule has 30 heavy (non-hydrogen) atoms. The van der Waals surface area contributed by atoms with Crippen LogP contribution in [0.4, 0.5) is 0 Å². The Balaban J connectivity index is 1.92. The molecule has 0 unspecified atom stereocenters. The van der Waals surface area contributed by atoms with Crippen LogP contribution in [0.25, 0.3) is 0 Å². The molecule has 0 aromatic heterocycles. The number of hydrogen-bond acceptors (Lipinski definition) is 5. The van der Waals surface area contributed by atoms with Crippen molar-refractivity contribution in [3.8, 4) is 12.3 Å². The average Bonchev–Trinajstić information content (AvgIpc) is 2.78. The molecule has 6 nitrogen and oxygen atoms in total. The maximum atomic E-state index is 13.2. The molecular weight excluding hydrogens is 380 g/mol. The molecule has 1 fully saturated rings. The van der Waals surface area contributed by atoms with E-state index >= 15 is 0 Å². The number of piperazine rings is 1. The Kier molecular flexibility index (Phi) is 7.92. The van der Waals surface area contributed by atoms with Crippen LogP contribution in [0.5, 0.6) is 0 Å². The molecule has 1 aromatic carbocycles. The van der Waals surface area contributed by atoms with Crippen LogP contribution >= 0.6 is 0 Å². The van der Waals surface area contributed by atoms with Gasteiger partial charge in [-0.15, -0.1) is 6.42 Å². The van der Waals surface area contributed by atoms with E-state index in [2.05, 4.69) is 17.9 Å². The fourth-order valence-corrected chi connectivity index (χ4v) is 4.10. The molecular formula is C24H32N2O4. The lowest BCUT2D eigenvalue weighted by molar-refractivity contribution is -0.170. The van der Waals surface area contributed by atoms with Crippen LogP contribution < -0.4 is 0 Å². The summed E-state index contributed by atoms with van der Waals surface area (Å²) in [5.74, 6) is 2.85. The molecule has 0 radical (unpaired) electrons. The Morgan fingerprint density at radius 2 is 1.97 bits per heavy atom. The summed E-state index contributed by atoms with van der Waals surface area (Å²) < 4.78 is 12.0. The maximum Gasteiger partial charge on any atom is 0.288 e. The van der Waals surface area contributed by atoms with E-state index in [4.69, 9.17) is 15.9 Å². The molecule has 3 rings (SSSR count). The van der Waals surface area contributed by atoms with Gasteiger partial charge in [0.1, 0.15) is 0 Å². The van der Waals surface area contributed by atoms with E-state index < -0.39 is 6.29 Å². The SMILES string of the molecule is C#Cc1ccc([C@H]2C=C(C(=O)N3CCN(C)CC3)O[C@@H](OCC)[C@@H]2CCCO)cc1. The molecule has 2 heterocycles. The largest absolute Gasteiger partial charge is 0.459 e. The number of aliphatic hydroxyl groups is 1. The summed E-state index contributed by atoms with van der Waals surface area (Å²) in [4.78, 5) is 17.3. The topological polar surface area (TPSA) is 62.2 Å². The highest BCUT2D eigenvalue weighted by Crippen LogP contribution is 2.39. The van der Waals surface area contributed by atoms with Crippen molar-refractivity contribution in [1.82, 2.24) is 9.80 Å². The average molecular weight is 413 g/mol. The van der Waals surface area contributed by atoms with Crippen molar-refractivity contribution in [2.75, 3.05) is 46.4 Å². The van der Waals surface area contributed by atoms with E-state index in [9.17, 15) is 9.90 Å². The van der Waals surface area contributed by atoms with E-state index in [0.29, 0.717) is 31.9 Å². The summed E-state index contributed by atoms with van der Waals surface area (Å²) in [6, 6.07) is 7.85. The van der Waals surface area contributed by atoms with Gasteiger partial charge in [0.25, 0.3) is 5.91 Å². The van der Waals surface area contributed by atoms with E-state index in [1.54, 1.807) is 0 Å². The molecule has 0 saturated carbocycles. The predicted molar refractivity (Wildman–Crippen MR) is 116 cm³/mol. The smallest absolute Gasteiger partial charge is 0.288 e. The first-order valence-corrected chi connectivity index (χ1v) is 10.7. The number of rotatable bonds is 7. The van der Waals surface area contributed by atoms with E-state index in [0.717, 1.165) is 30.6 Å². The lowest BCUT2D eigenvalue weighted by Crippen LogP contribution is -2.49. The van der Waals surface area contributed by atoms with Gasteiger partial charge in [-0.05, 0) is 50.6 Å². The quantitative estimate of drug-likeness (QED) is 0.696. The minimum atomic E-state index is -0.532. The van der Waals surface area contributed by atoms with Crippen molar-refractivity contribution < 1.29 is 19.4 Å². The molecule has 1 N–H and O–H groups in total. The fourth-order valence-electron chi connectivity index (χ4n) is 4.10. The monoisotopic (exact) mass is 412 g/mol. The summed E-state index contributed by atoms with van der Waals surface area (Å²) in [6.07, 6.45) is 8.28. The summed E-state index contributed by atoms with van der Waals surface area (Å²) in [5, 5.41) is 9.39. The van der Waals surface area contributed by atoms with Gasteiger partial charge in [-0.25, -0.2) is 0 Å². The highest BCUT2D eigenvalue weighted by Gasteiger charge is 2.39. The zero-order valence-electron chi connectivity index (χ0n) is 17.9. The van der Waals surface area contributed by atoms with Crippen LogP contribution in [0, 0.1) is 18.3 Å². The Hall–Kier alpha value is -2.33. The third-order valence-electron chi connectivity index (χ3n) is 5.87. The van der Waals surface area contributed by atoms with Crippen LogP contribution in [-0.4, -0.2) is 73.5 Å². The van der Waals surface area contributed by atoms with Crippen LogP contribution in [0.15, 0.2) is 36.1 Å². The summed E-state index contributed by atoms with van der Waals surface area (Å²) in [5.41, 5.74) is 1.88. The van der Waals surface area contributed by atoms with Gasteiger partial charge in [0.15, 0.2) is 5.76 Å². The van der Waals surface area contributed by atoms with Crippen molar-refractivity contribution >= 4 is 5.91 Å². The first kappa shape index (κ1) is 22.4. The number of carbonyl (C=O) groups is 1. The lowest BCUT2D eigenvalue weighted by Gasteiger charge is -2.39. The standard InChI is InChI=1S/C24H32N2O4/c1-4-18-8-10-19(11-9-18)21-17-22(23(28)26-14-12-25(3)13-15-26)30-24(29-5-2)20(21)7-6-16-27/h1,8-11,17,20-21,24,27H,5-7,12-16H2,2-3H3/t20-,21-,24-/m1/s1. The van der Waals surface area contributed by atoms with Gasteiger partial charge in [0.05, 0.1) is 0 Å². The van der Waals surface area contributed by atoms with Crippen molar-refractivity contribution in [1.29, 1.82) is 0 Å². The van der Waals surface area contributed by atoms with Crippen molar-refractivity contribution in [2.24, 2.45) is 5.92 Å². The predicted octanol–water partition coefficient (Wildman–Crippen LogP) is 2.19. The Morgan fingerprint density at radius 3 is 2.57 bits per heavy atom. The van der Waals surface area contributed by atoms with E-state index in [-0.39, 0.29) is 24.3 Å². The lowest BCUT2D eigenvalue weighted by atomic mass is 9.80. The number of likely N-dealkylation sites (N-methyl/N-ethyl adjacent to an activating group) is 1. The van der Waals surface area contributed by atoms with Crippen LogP contribution in [0.1, 0.15) is 36.8 Å². The number of hydrogen-bond donors (Lipinski definition) is 1. The maximum absolute atomic E-state index is 13.2. The summed E-state index contributed by atoms with van der Waals surface area (Å²) >= 11 is 0. The third kappa shape index (κ3) is 5.23. The number of aliphatic hydroxyl groups excluding tert-OH is 1. The fraction of sp³-hybridized carbons (Fsp3) is 0.542. The molecule has 2 aliphatic rings. The molecule has 1 aromatic rings. The van der Waals surface area contributed by atoms with Crippen LogP contribution in [0.2, 0.25) is 0 Å². The second kappa shape index (κ2) is 10.6. The molecule has 0 aliphatic carbocycles. The number of allylic oxidation sites excluding steroid dienone is 1. The minimum Gasteiger partial charge on any atom is -0.459 e. The Morgan fingerprint density at radius 1 is 1.27 bits per heavy atom. The van der Waals surface area contributed by atoms with Crippen LogP contribution in [0.3, 0.4) is 0 Å². The van der Waals surface area contributed by atoms with Gasteiger partial charge in [-0.3, -0.25) is 4.79 Å². The Labute approximate surface area is 179 Å². The minimum absolute atomic E-state index is 0.00201. The highest BCUT2D eigenvalue weighted by molar-refractivity contribution is 5.92. The summed E-state index contributed by atoms with van der Waals surface area (Å²) in [6.45, 7) is 5.58. The molecule has 6 heteroatoms. The molecule has 1 amide bonds. The second-order valence-corrected chi connectivity index (χ2v) is 7.89. The molecule has 3 atom stereocenters. The molecule has 0 bridgehead atoms. The van der Waals surface area contributed by atoms with Crippen molar-refractivity contribution in [2.45, 2.75) is 32.0 Å². The number of ether oxygens (including phenoxy) is 2. The van der Waals surface area contributed by atoms with Crippen molar-refractivity contribution in [3.63, 3.8) is 0 Å². The van der Waals surface area contributed by atoms with Gasteiger partial charge in [0.2, 0.25) is 6.29 Å². The first-order chi connectivity index (χ1) is 14.6. The van der Waals surface area contributed by atoms with Gasteiger partial charge < -0.3 is 24.4 Å². The Bertz CT molecular complexity index is 775. The normalized spacial score (nSPS) is 24.7. The number of terminal acetylenes is 1. The number of amides is 1.